The quantitative estimate of drug-likeness (QED) is 0.245. The standard InChI is InChI=1S/C23H38N2O4/c1-2-3-4-5-6-7-8-9-10-11-15-24-23(28)25-16-12-17-29-21-14-13-20(19-26)22(27)18-21/h13-14,18-19,27H,2-12,15-17H2,1H3,(H2,24,25,28). The number of amides is 2. The first-order valence-electron chi connectivity index (χ1n) is 11.1. The highest BCUT2D eigenvalue weighted by Crippen LogP contribution is 2.22. The minimum atomic E-state index is -0.145. The Morgan fingerprint density at radius 1 is 0.931 bits per heavy atom. The zero-order valence-electron chi connectivity index (χ0n) is 17.9. The number of hydrogen-bond donors (Lipinski definition) is 3. The Kier molecular flexibility index (Phi) is 14.3. The number of ether oxygens (including phenoxy) is 1. The summed E-state index contributed by atoms with van der Waals surface area (Å²) >= 11 is 0. The van der Waals surface area contributed by atoms with Gasteiger partial charge in [-0.2, -0.15) is 0 Å². The lowest BCUT2D eigenvalue weighted by atomic mass is 10.1. The molecule has 6 heteroatoms. The number of phenols is 1. The van der Waals surface area contributed by atoms with Gasteiger partial charge >= 0.3 is 6.03 Å². The van der Waals surface area contributed by atoms with Crippen LogP contribution in [0.15, 0.2) is 18.2 Å². The molecule has 0 fully saturated rings. The molecule has 6 nitrogen and oxygen atoms in total. The Morgan fingerprint density at radius 2 is 1.52 bits per heavy atom. The summed E-state index contributed by atoms with van der Waals surface area (Å²) in [6.07, 6.45) is 14.1. The summed E-state index contributed by atoms with van der Waals surface area (Å²) in [5.74, 6) is 0.403. The molecule has 0 aliphatic rings. The lowest BCUT2D eigenvalue weighted by Crippen LogP contribution is -2.36. The van der Waals surface area contributed by atoms with Crippen molar-refractivity contribution in [1.82, 2.24) is 10.6 Å². The van der Waals surface area contributed by atoms with E-state index in [1.54, 1.807) is 6.07 Å². The van der Waals surface area contributed by atoms with Gasteiger partial charge in [0.15, 0.2) is 6.29 Å². The molecule has 0 bridgehead atoms. The molecule has 1 aromatic rings. The second kappa shape index (κ2) is 16.7. The lowest BCUT2D eigenvalue weighted by Gasteiger charge is -2.09. The number of aromatic hydroxyl groups is 1. The van der Waals surface area contributed by atoms with Crippen LogP contribution in [-0.2, 0) is 0 Å². The molecular formula is C23H38N2O4. The van der Waals surface area contributed by atoms with E-state index in [2.05, 4.69) is 17.6 Å². The topological polar surface area (TPSA) is 87.7 Å². The number of urea groups is 1. The fourth-order valence-corrected chi connectivity index (χ4v) is 3.05. The van der Waals surface area contributed by atoms with E-state index < -0.39 is 0 Å². The first-order valence-corrected chi connectivity index (χ1v) is 11.1. The monoisotopic (exact) mass is 406 g/mol. The number of nitrogens with one attached hydrogen (secondary N) is 2. The molecule has 3 N–H and O–H groups in total. The molecule has 0 saturated heterocycles. The first-order chi connectivity index (χ1) is 14.2. The van der Waals surface area contributed by atoms with Crippen molar-refractivity contribution >= 4 is 12.3 Å². The molecule has 1 aromatic carbocycles. The van der Waals surface area contributed by atoms with E-state index in [1.807, 2.05) is 0 Å². The van der Waals surface area contributed by atoms with E-state index >= 15 is 0 Å². The van der Waals surface area contributed by atoms with Gasteiger partial charge in [-0.05, 0) is 25.0 Å². The molecule has 0 saturated carbocycles. The predicted octanol–water partition coefficient (Wildman–Crippen LogP) is 5.19. The highest BCUT2D eigenvalue weighted by molar-refractivity contribution is 5.79. The molecular weight excluding hydrogens is 368 g/mol. The van der Waals surface area contributed by atoms with Crippen LogP contribution in [0.2, 0.25) is 0 Å². The van der Waals surface area contributed by atoms with Crippen LogP contribution in [0.25, 0.3) is 0 Å². The fraction of sp³-hybridized carbons (Fsp3) is 0.652. The molecule has 0 aliphatic heterocycles. The van der Waals surface area contributed by atoms with Gasteiger partial charge in [0.05, 0.1) is 12.2 Å². The van der Waals surface area contributed by atoms with E-state index in [0.29, 0.717) is 38.2 Å². The van der Waals surface area contributed by atoms with Gasteiger partial charge in [-0.15, -0.1) is 0 Å². The SMILES string of the molecule is CCCCCCCCCCCCNC(=O)NCCCOc1ccc(C=O)c(O)c1. The molecule has 2 amide bonds. The number of unbranched alkanes of at least 4 members (excludes halogenated alkanes) is 9. The molecule has 0 spiro atoms. The summed E-state index contributed by atoms with van der Waals surface area (Å²) in [6.45, 7) is 3.89. The van der Waals surface area contributed by atoms with Crippen molar-refractivity contribution in [3.63, 3.8) is 0 Å². The second-order valence-electron chi connectivity index (χ2n) is 7.41. The van der Waals surface area contributed by atoms with Gasteiger partial charge in [-0.25, -0.2) is 4.79 Å². The van der Waals surface area contributed by atoms with Crippen LogP contribution in [0.4, 0.5) is 4.79 Å². The summed E-state index contributed by atoms with van der Waals surface area (Å²) in [5.41, 5.74) is 0.234. The number of carbonyl (C=O) groups excluding carboxylic acids is 2. The second-order valence-corrected chi connectivity index (χ2v) is 7.41. The molecule has 1 rings (SSSR count). The van der Waals surface area contributed by atoms with E-state index in [9.17, 15) is 14.7 Å². The van der Waals surface area contributed by atoms with Crippen molar-refractivity contribution < 1.29 is 19.4 Å². The summed E-state index contributed by atoms with van der Waals surface area (Å²) in [7, 11) is 0. The van der Waals surface area contributed by atoms with Crippen LogP contribution in [0, 0.1) is 0 Å². The number of benzene rings is 1. The summed E-state index contributed by atoms with van der Waals surface area (Å²) < 4.78 is 5.49. The summed E-state index contributed by atoms with van der Waals surface area (Å²) in [6, 6.07) is 4.41. The zero-order chi connectivity index (χ0) is 21.2. The van der Waals surface area contributed by atoms with Crippen molar-refractivity contribution in [3.8, 4) is 11.5 Å². The van der Waals surface area contributed by atoms with Crippen LogP contribution < -0.4 is 15.4 Å². The molecule has 0 aromatic heterocycles. The van der Waals surface area contributed by atoms with E-state index in [-0.39, 0.29) is 17.3 Å². The third-order valence-corrected chi connectivity index (χ3v) is 4.82. The zero-order valence-corrected chi connectivity index (χ0v) is 17.9. The Balaban J connectivity index is 1.90. The number of rotatable bonds is 17. The highest BCUT2D eigenvalue weighted by atomic mass is 16.5. The predicted molar refractivity (Wildman–Crippen MR) is 117 cm³/mol. The maximum absolute atomic E-state index is 11.7. The molecule has 29 heavy (non-hydrogen) atoms. The Morgan fingerprint density at radius 3 is 2.10 bits per heavy atom. The number of hydrogen-bond acceptors (Lipinski definition) is 4. The van der Waals surface area contributed by atoms with Crippen molar-refractivity contribution in [1.29, 1.82) is 0 Å². The largest absolute Gasteiger partial charge is 0.507 e. The van der Waals surface area contributed by atoms with Gasteiger partial charge in [0, 0.05) is 19.2 Å². The molecule has 164 valence electrons. The highest BCUT2D eigenvalue weighted by Gasteiger charge is 2.03. The fourth-order valence-electron chi connectivity index (χ4n) is 3.05. The summed E-state index contributed by atoms with van der Waals surface area (Å²) in [5, 5.41) is 15.3. The maximum atomic E-state index is 11.7. The van der Waals surface area contributed by atoms with Gasteiger partial charge < -0.3 is 20.5 Å². The summed E-state index contributed by atoms with van der Waals surface area (Å²) in [4.78, 5) is 22.4. The molecule has 0 atom stereocenters. The van der Waals surface area contributed by atoms with Crippen molar-refractivity contribution in [2.75, 3.05) is 19.7 Å². The molecule has 0 heterocycles. The van der Waals surface area contributed by atoms with Crippen LogP contribution in [0.1, 0.15) is 87.9 Å². The minimum Gasteiger partial charge on any atom is -0.507 e. The van der Waals surface area contributed by atoms with Gasteiger partial charge in [0.25, 0.3) is 0 Å². The normalized spacial score (nSPS) is 10.5. The molecule has 0 unspecified atom stereocenters. The number of aldehydes is 1. The number of carbonyl (C=O) groups is 2. The lowest BCUT2D eigenvalue weighted by molar-refractivity contribution is 0.112. The minimum absolute atomic E-state index is 0.0954. The van der Waals surface area contributed by atoms with Crippen LogP contribution in [0.5, 0.6) is 11.5 Å². The maximum Gasteiger partial charge on any atom is 0.314 e. The molecule has 0 radical (unpaired) electrons. The number of phenolic OH excluding ortho intramolecular Hbond substituents is 1. The van der Waals surface area contributed by atoms with Crippen molar-refractivity contribution in [2.24, 2.45) is 0 Å². The van der Waals surface area contributed by atoms with Gasteiger partial charge in [-0.1, -0.05) is 64.7 Å². The Hall–Kier alpha value is -2.24. The van der Waals surface area contributed by atoms with Crippen LogP contribution >= 0.6 is 0 Å². The van der Waals surface area contributed by atoms with E-state index in [0.717, 1.165) is 6.42 Å². The van der Waals surface area contributed by atoms with Gasteiger partial charge in [-0.3, -0.25) is 4.79 Å². The average Bonchev–Trinajstić information content (AvgIpc) is 2.72. The van der Waals surface area contributed by atoms with E-state index in [4.69, 9.17) is 4.74 Å². The smallest absolute Gasteiger partial charge is 0.314 e. The van der Waals surface area contributed by atoms with E-state index in [1.165, 1.54) is 69.9 Å². The Bertz CT molecular complexity index is 578. The van der Waals surface area contributed by atoms with Crippen LogP contribution in [0.3, 0.4) is 0 Å². The van der Waals surface area contributed by atoms with Gasteiger partial charge in [0.2, 0.25) is 0 Å². The van der Waals surface area contributed by atoms with Crippen molar-refractivity contribution in [2.45, 2.75) is 77.6 Å². The Labute approximate surface area is 175 Å². The third kappa shape index (κ3) is 12.8. The molecule has 0 aliphatic carbocycles. The van der Waals surface area contributed by atoms with Gasteiger partial charge in [0.1, 0.15) is 11.5 Å². The third-order valence-electron chi connectivity index (χ3n) is 4.82. The average molecular weight is 407 g/mol. The first kappa shape index (κ1) is 24.8. The van der Waals surface area contributed by atoms with Crippen molar-refractivity contribution in [3.05, 3.63) is 23.8 Å². The van der Waals surface area contributed by atoms with Crippen LogP contribution in [-0.4, -0.2) is 37.1 Å².